The van der Waals surface area contributed by atoms with E-state index in [0.29, 0.717) is 5.41 Å². The summed E-state index contributed by atoms with van der Waals surface area (Å²) in [4.78, 5) is 0. The van der Waals surface area contributed by atoms with Crippen LogP contribution in [0.2, 0.25) is 0 Å². The minimum Gasteiger partial charge on any atom is -0.0925 e. The van der Waals surface area contributed by atoms with Crippen molar-refractivity contribution in [3.63, 3.8) is 0 Å². The van der Waals surface area contributed by atoms with E-state index in [1.54, 1.807) is 0 Å². The number of halogens is 1. The van der Waals surface area contributed by atoms with Crippen LogP contribution >= 0.6 is 15.9 Å². The minimum absolute atomic E-state index is 0.529. The van der Waals surface area contributed by atoms with Gasteiger partial charge in [0, 0.05) is 5.33 Å². The summed E-state index contributed by atoms with van der Waals surface area (Å²) >= 11 is 3.62. The predicted molar refractivity (Wildman–Crippen MR) is 63.3 cm³/mol. The lowest BCUT2D eigenvalue weighted by molar-refractivity contribution is 0.213. The van der Waals surface area contributed by atoms with Crippen LogP contribution in [-0.2, 0) is 0 Å². The van der Waals surface area contributed by atoms with Crippen LogP contribution in [0.1, 0.15) is 52.9 Å². The van der Waals surface area contributed by atoms with Gasteiger partial charge in [-0.2, -0.15) is 0 Å². The van der Waals surface area contributed by atoms with Crippen LogP contribution < -0.4 is 0 Å². The molecular weight excluding hydrogens is 224 g/mol. The highest BCUT2D eigenvalue weighted by atomic mass is 79.9. The summed E-state index contributed by atoms with van der Waals surface area (Å²) in [6.45, 7) is 7.18. The van der Waals surface area contributed by atoms with Gasteiger partial charge in [0.1, 0.15) is 0 Å². The molecule has 0 spiro atoms. The Hall–Kier alpha value is 0.480. The fourth-order valence-corrected chi connectivity index (χ4v) is 3.05. The van der Waals surface area contributed by atoms with Gasteiger partial charge in [-0.25, -0.2) is 0 Å². The van der Waals surface area contributed by atoms with Crippen LogP contribution in [0, 0.1) is 17.3 Å². The van der Waals surface area contributed by atoms with Gasteiger partial charge in [-0.15, -0.1) is 0 Å². The molecule has 2 unspecified atom stereocenters. The van der Waals surface area contributed by atoms with E-state index >= 15 is 0 Å². The summed E-state index contributed by atoms with van der Waals surface area (Å²) in [5.74, 6) is 1.91. The van der Waals surface area contributed by atoms with Crippen molar-refractivity contribution < 1.29 is 0 Å². The number of alkyl halides is 1. The average Bonchev–Trinajstić information content (AvgIpc) is 2.26. The van der Waals surface area contributed by atoms with Gasteiger partial charge in [0.2, 0.25) is 0 Å². The Kier molecular flexibility index (Phi) is 4.28. The molecule has 1 fully saturated rings. The first-order chi connectivity index (χ1) is 6.04. The van der Waals surface area contributed by atoms with Gasteiger partial charge in [0.15, 0.2) is 0 Å². The molecule has 0 bridgehead atoms. The summed E-state index contributed by atoms with van der Waals surface area (Å²) in [6, 6.07) is 0. The van der Waals surface area contributed by atoms with Crippen LogP contribution in [0.4, 0.5) is 0 Å². The Morgan fingerprint density at radius 2 is 1.77 bits per heavy atom. The highest BCUT2D eigenvalue weighted by Crippen LogP contribution is 2.38. The lowest BCUT2D eigenvalue weighted by Gasteiger charge is -2.29. The molecule has 78 valence electrons. The summed E-state index contributed by atoms with van der Waals surface area (Å²) < 4.78 is 0. The van der Waals surface area contributed by atoms with Gasteiger partial charge in [-0.1, -0.05) is 43.1 Å². The minimum atomic E-state index is 0.529. The number of hydrogen-bond acceptors (Lipinski definition) is 0. The quantitative estimate of drug-likeness (QED) is 0.468. The molecule has 0 heterocycles. The first-order valence-electron chi connectivity index (χ1n) is 5.60. The van der Waals surface area contributed by atoms with Crippen LogP contribution in [0.3, 0.4) is 0 Å². The Balaban J connectivity index is 2.45. The monoisotopic (exact) mass is 246 g/mol. The lowest BCUT2D eigenvalue weighted by atomic mass is 9.76. The lowest BCUT2D eigenvalue weighted by Crippen LogP contribution is -2.19. The molecule has 0 aromatic heterocycles. The van der Waals surface area contributed by atoms with E-state index in [2.05, 4.69) is 36.7 Å². The Labute approximate surface area is 91.6 Å². The van der Waals surface area contributed by atoms with Crippen molar-refractivity contribution in [1.29, 1.82) is 0 Å². The van der Waals surface area contributed by atoms with Crippen molar-refractivity contribution in [1.82, 2.24) is 0 Å². The fraction of sp³-hybridized carbons (Fsp3) is 1.00. The van der Waals surface area contributed by atoms with Gasteiger partial charge < -0.3 is 0 Å². The van der Waals surface area contributed by atoms with E-state index in [0.717, 1.165) is 11.8 Å². The molecule has 0 aromatic rings. The zero-order valence-corrected chi connectivity index (χ0v) is 10.9. The molecule has 1 rings (SSSR count). The fourth-order valence-electron chi connectivity index (χ4n) is 2.40. The summed E-state index contributed by atoms with van der Waals surface area (Å²) in [7, 11) is 0. The van der Waals surface area contributed by atoms with Crippen LogP contribution in [0.5, 0.6) is 0 Å². The summed E-state index contributed by atoms with van der Waals surface area (Å²) in [5.41, 5.74) is 0.529. The van der Waals surface area contributed by atoms with Crippen LogP contribution in [-0.4, -0.2) is 5.33 Å². The van der Waals surface area contributed by atoms with Crippen molar-refractivity contribution in [2.75, 3.05) is 5.33 Å². The van der Waals surface area contributed by atoms with E-state index in [4.69, 9.17) is 0 Å². The number of rotatable bonds is 1. The van der Waals surface area contributed by atoms with E-state index in [1.165, 1.54) is 37.4 Å². The van der Waals surface area contributed by atoms with Crippen molar-refractivity contribution >= 4 is 15.9 Å². The Bertz CT molecular complexity index is 146. The first kappa shape index (κ1) is 11.6. The van der Waals surface area contributed by atoms with Gasteiger partial charge in [0.25, 0.3) is 0 Å². The second-order valence-electron chi connectivity index (χ2n) is 5.59. The molecule has 13 heavy (non-hydrogen) atoms. The van der Waals surface area contributed by atoms with E-state index in [9.17, 15) is 0 Å². The third-order valence-electron chi connectivity index (χ3n) is 3.53. The molecule has 0 aliphatic heterocycles. The maximum Gasteiger partial charge on any atom is 0.00596 e. The van der Waals surface area contributed by atoms with E-state index < -0.39 is 0 Å². The molecule has 0 nitrogen and oxygen atoms in total. The zero-order valence-electron chi connectivity index (χ0n) is 9.28. The second kappa shape index (κ2) is 4.82. The number of hydrogen-bond donors (Lipinski definition) is 0. The highest BCUT2D eigenvalue weighted by Gasteiger charge is 2.27. The van der Waals surface area contributed by atoms with Crippen LogP contribution in [0.15, 0.2) is 0 Å². The molecule has 0 radical (unpaired) electrons. The first-order valence-corrected chi connectivity index (χ1v) is 6.72. The molecule has 1 saturated carbocycles. The maximum absolute atomic E-state index is 3.62. The molecule has 0 N–H and O–H groups in total. The van der Waals surface area contributed by atoms with E-state index in [1.807, 2.05) is 0 Å². The summed E-state index contributed by atoms with van der Waals surface area (Å²) in [5, 5.41) is 1.21. The third-order valence-corrected chi connectivity index (χ3v) is 4.45. The largest absolute Gasteiger partial charge is 0.0925 e. The highest BCUT2D eigenvalue weighted by molar-refractivity contribution is 9.09. The predicted octanol–water partition coefficient (Wildman–Crippen LogP) is 4.62. The maximum atomic E-state index is 3.62. The van der Waals surface area contributed by atoms with Gasteiger partial charge >= 0.3 is 0 Å². The molecule has 0 saturated heterocycles. The third kappa shape index (κ3) is 3.61. The molecule has 0 amide bonds. The Morgan fingerprint density at radius 1 is 1.08 bits per heavy atom. The molecule has 1 aliphatic rings. The van der Waals surface area contributed by atoms with Crippen molar-refractivity contribution in [2.24, 2.45) is 17.3 Å². The molecule has 1 aliphatic carbocycles. The van der Waals surface area contributed by atoms with Crippen LogP contribution in [0.25, 0.3) is 0 Å². The summed E-state index contributed by atoms with van der Waals surface area (Å²) in [6.07, 6.45) is 7.22. The standard InChI is InChI=1S/C12H23Br/c1-12(2,3)11-6-4-5-10(9-13)7-8-11/h10-11H,4-9H2,1-3H3. The topological polar surface area (TPSA) is 0 Å². The zero-order chi connectivity index (χ0) is 9.90. The molecule has 0 aromatic carbocycles. The van der Waals surface area contributed by atoms with Gasteiger partial charge in [-0.3, -0.25) is 0 Å². The van der Waals surface area contributed by atoms with Gasteiger partial charge in [0.05, 0.1) is 0 Å². The Morgan fingerprint density at radius 3 is 2.31 bits per heavy atom. The smallest absolute Gasteiger partial charge is 0.00596 e. The normalized spacial score (nSPS) is 31.4. The van der Waals surface area contributed by atoms with Crippen molar-refractivity contribution in [3.8, 4) is 0 Å². The molecule has 1 heteroatoms. The molecular formula is C12H23Br. The molecule has 2 atom stereocenters. The van der Waals surface area contributed by atoms with Gasteiger partial charge in [-0.05, 0) is 42.9 Å². The average molecular weight is 247 g/mol. The van der Waals surface area contributed by atoms with E-state index in [-0.39, 0.29) is 0 Å². The van der Waals surface area contributed by atoms with Crippen molar-refractivity contribution in [2.45, 2.75) is 52.9 Å². The van der Waals surface area contributed by atoms with Crippen molar-refractivity contribution in [3.05, 3.63) is 0 Å². The SMILES string of the molecule is CC(C)(C)C1CCCC(CBr)CC1. The second-order valence-corrected chi connectivity index (χ2v) is 6.24.